The third-order valence-corrected chi connectivity index (χ3v) is 3.67. The molecule has 4 rings (SSSR count). The summed E-state index contributed by atoms with van der Waals surface area (Å²) in [6.45, 7) is 0. The van der Waals surface area contributed by atoms with Gasteiger partial charge < -0.3 is 5.11 Å². The van der Waals surface area contributed by atoms with Gasteiger partial charge in [-0.15, -0.1) is 0 Å². The minimum atomic E-state index is 0. The molecule has 0 fully saturated rings. The summed E-state index contributed by atoms with van der Waals surface area (Å²) >= 11 is 0. The van der Waals surface area contributed by atoms with Crippen LogP contribution in [0, 0.1) is 0 Å². The van der Waals surface area contributed by atoms with Crippen LogP contribution in [0.25, 0.3) is 33.1 Å². The first kappa shape index (κ1) is 14.6. The fourth-order valence-electron chi connectivity index (χ4n) is 2.63. The van der Waals surface area contributed by atoms with Gasteiger partial charge in [-0.1, -0.05) is 36.1 Å². The van der Waals surface area contributed by atoms with Crippen LogP contribution in [-0.2, 0) is 0 Å². The van der Waals surface area contributed by atoms with Crippen LogP contribution in [0.5, 0.6) is 5.75 Å². The summed E-state index contributed by atoms with van der Waals surface area (Å²) < 4.78 is 0. The normalized spacial score (nSPS) is 10.5. The van der Waals surface area contributed by atoms with Gasteiger partial charge in [-0.3, -0.25) is 0 Å². The number of rotatable bonds is 1. The maximum atomic E-state index is 12.0. The summed E-state index contributed by atoms with van der Waals surface area (Å²) in [4.78, 5) is 7.82. The van der Waals surface area contributed by atoms with E-state index < -0.39 is 0 Å². The third-order valence-electron chi connectivity index (χ3n) is 3.67. The number of para-hydroxylation sites is 1. The first-order valence-electron chi connectivity index (χ1n) is 6.79. The van der Waals surface area contributed by atoms with E-state index in [1.165, 1.54) is 0 Å². The van der Waals surface area contributed by atoms with E-state index in [0.29, 0.717) is 5.56 Å². The number of aromatic amines is 1. The predicted molar refractivity (Wildman–Crippen MR) is 80.7 cm³/mol. The Morgan fingerprint density at radius 1 is 0.818 bits per heavy atom. The monoisotopic (exact) mass is 279 g/mol. The standard InChI is InChI=1S/C18H12N2O.Li/c21-16-6-2-1-5-14(16)15-10-9-13-8-7-12-4-3-11-19-17(12)18(13)20-15;/h1-11,21H;/q;+1. The zero-order valence-electron chi connectivity index (χ0n) is 12.2. The Hall–Kier alpha value is -2.34. The van der Waals surface area contributed by atoms with Crippen molar-refractivity contribution in [1.29, 1.82) is 0 Å². The molecule has 2 aromatic carbocycles. The van der Waals surface area contributed by atoms with Crippen LogP contribution in [0.1, 0.15) is 0 Å². The van der Waals surface area contributed by atoms with Gasteiger partial charge in [0.15, 0.2) is 0 Å². The maximum absolute atomic E-state index is 12.0. The van der Waals surface area contributed by atoms with Crippen LogP contribution in [0.15, 0.2) is 66.9 Å². The third kappa shape index (κ3) is 2.35. The summed E-state index contributed by atoms with van der Waals surface area (Å²) in [6.07, 6.45) is 1.78. The summed E-state index contributed by atoms with van der Waals surface area (Å²) in [5, 5.41) is 14.1. The number of benzene rings is 2. The van der Waals surface area contributed by atoms with Crippen molar-refractivity contribution in [3.63, 3.8) is 0 Å². The maximum Gasteiger partial charge on any atom is 1.00 e. The molecule has 4 heteroatoms. The molecule has 0 unspecified atom stereocenters. The number of aromatic nitrogens is 2. The molecule has 0 aliphatic rings. The molecule has 100 valence electrons. The summed E-state index contributed by atoms with van der Waals surface area (Å²) in [6, 6.07) is 19.1. The molecule has 0 aliphatic heterocycles. The Kier molecular flexibility index (Phi) is 3.85. The molecule has 0 saturated carbocycles. The fraction of sp³-hybridized carbons (Fsp3) is 0. The van der Waals surface area contributed by atoms with Crippen LogP contribution in [0.3, 0.4) is 0 Å². The molecular formula is C18H12LiN2O+. The molecule has 0 atom stereocenters. The Balaban J connectivity index is 0.00000144. The quantitative estimate of drug-likeness (QED) is 0.362. The minimum Gasteiger partial charge on any atom is -0.872 e. The average Bonchev–Trinajstić information content (AvgIpc) is 2.55. The number of fused-ring (bicyclic) bond motifs is 3. The van der Waals surface area contributed by atoms with Gasteiger partial charge in [0.05, 0.1) is 0 Å². The van der Waals surface area contributed by atoms with Crippen molar-refractivity contribution in [2.24, 2.45) is 0 Å². The first-order chi connectivity index (χ1) is 10.3. The Morgan fingerprint density at radius 3 is 2.45 bits per heavy atom. The SMILES string of the molecule is [Li+].[O-]c1ccccc1-c1ccc2ccc3cccnc3c2[nH+]1. The number of nitrogens with zero attached hydrogens (tertiary/aromatic N) is 1. The number of H-pyrrole nitrogens is 1. The Bertz CT molecular complexity index is 969. The smallest absolute Gasteiger partial charge is 0.872 e. The number of pyridine rings is 2. The van der Waals surface area contributed by atoms with Crippen molar-refractivity contribution in [1.82, 2.24) is 4.98 Å². The van der Waals surface area contributed by atoms with E-state index in [1.54, 1.807) is 18.3 Å². The molecule has 0 amide bonds. The second-order valence-corrected chi connectivity index (χ2v) is 4.97. The van der Waals surface area contributed by atoms with Crippen molar-refractivity contribution in [3.8, 4) is 17.0 Å². The van der Waals surface area contributed by atoms with Gasteiger partial charge in [0, 0.05) is 28.6 Å². The molecule has 1 N–H and O–H groups in total. The van der Waals surface area contributed by atoms with E-state index in [-0.39, 0.29) is 24.6 Å². The molecule has 0 spiro atoms. The van der Waals surface area contributed by atoms with Crippen molar-refractivity contribution in [2.75, 3.05) is 0 Å². The molecule has 0 aliphatic carbocycles. The number of nitrogens with one attached hydrogen (secondary N) is 1. The van der Waals surface area contributed by atoms with Gasteiger partial charge in [0.25, 0.3) is 0 Å². The molecule has 0 radical (unpaired) electrons. The molecule has 2 aromatic heterocycles. The summed E-state index contributed by atoms with van der Waals surface area (Å²) in [5.74, 6) is 0.0151. The molecule has 3 nitrogen and oxygen atoms in total. The zero-order chi connectivity index (χ0) is 14.2. The summed E-state index contributed by atoms with van der Waals surface area (Å²) in [7, 11) is 0. The Morgan fingerprint density at radius 2 is 1.59 bits per heavy atom. The first-order valence-corrected chi connectivity index (χ1v) is 6.79. The molecule has 0 bridgehead atoms. The Labute approximate surface area is 139 Å². The van der Waals surface area contributed by atoms with Gasteiger partial charge in [-0.25, -0.2) is 9.97 Å². The number of hydrogen-bond donors (Lipinski definition) is 0. The van der Waals surface area contributed by atoms with E-state index in [0.717, 1.165) is 27.5 Å². The second-order valence-electron chi connectivity index (χ2n) is 4.97. The summed E-state index contributed by atoms with van der Waals surface area (Å²) in [5.41, 5.74) is 3.35. The van der Waals surface area contributed by atoms with Crippen LogP contribution in [-0.4, -0.2) is 4.98 Å². The topological polar surface area (TPSA) is 50.1 Å². The molecular weight excluding hydrogens is 267 g/mol. The van der Waals surface area contributed by atoms with Gasteiger partial charge >= 0.3 is 18.9 Å². The van der Waals surface area contributed by atoms with Gasteiger partial charge in [0.2, 0.25) is 11.2 Å². The van der Waals surface area contributed by atoms with Crippen LogP contribution >= 0.6 is 0 Å². The molecule has 4 aromatic rings. The van der Waals surface area contributed by atoms with E-state index >= 15 is 0 Å². The predicted octanol–water partition coefficient (Wildman–Crippen LogP) is -0.0533. The number of hydrogen-bond acceptors (Lipinski definition) is 2. The van der Waals surface area contributed by atoms with E-state index in [2.05, 4.69) is 22.1 Å². The van der Waals surface area contributed by atoms with Crippen LogP contribution < -0.4 is 29.0 Å². The fourth-order valence-corrected chi connectivity index (χ4v) is 2.63. The van der Waals surface area contributed by atoms with E-state index in [1.807, 2.05) is 36.4 Å². The zero-order valence-corrected chi connectivity index (χ0v) is 12.2. The minimum absolute atomic E-state index is 0. The average molecular weight is 279 g/mol. The van der Waals surface area contributed by atoms with Crippen molar-refractivity contribution in [3.05, 3.63) is 66.9 Å². The van der Waals surface area contributed by atoms with Gasteiger partial charge in [-0.2, -0.15) is 0 Å². The van der Waals surface area contributed by atoms with Crippen molar-refractivity contribution < 1.29 is 29.0 Å². The van der Waals surface area contributed by atoms with Crippen molar-refractivity contribution >= 4 is 21.8 Å². The van der Waals surface area contributed by atoms with Crippen LogP contribution in [0.2, 0.25) is 0 Å². The molecule has 0 saturated heterocycles. The second kappa shape index (κ2) is 5.80. The van der Waals surface area contributed by atoms with E-state index in [9.17, 15) is 5.11 Å². The van der Waals surface area contributed by atoms with Crippen LogP contribution in [0.4, 0.5) is 0 Å². The van der Waals surface area contributed by atoms with E-state index in [4.69, 9.17) is 0 Å². The molecule has 2 heterocycles. The van der Waals surface area contributed by atoms with Gasteiger partial charge in [-0.05, 0) is 24.3 Å². The van der Waals surface area contributed by atoms with Gasteiger partial charge in [0.1, 0.15) is 5.52 Å². The molecule has 22 heavy (non-hydrogen) atoms. The van der Waals surface area contributed by atoms with Crippen molar-refractivity contribution in [2.45, 2.75) is 0 Å². The largest absolute Gasteiger partial charge is 1.00 e.